The first-order valence-corrected chi connectivity index (χ1v) is 9.14. The van der Waals surface area contributed by atoms with Crippen LogP contribution in [0.25, 0.3) is 22.5 Å². The van der Waals surface area contributed by atoms with E-state index < -0.39 is 5.54 Å². The lowest BCUT2D eigenvalue weighted by Gasteiger charge is -2.16. The minimum atomic E-state index is -0.602. The van der Waals surface area contributed by atoms with Crippen LogP contribution in [0.15, 0.2) is 37.0 Å². The van der Waals surface area contributed by atoms with Gasteiger partial charge in [0.15, 0.2) is 11.5 Å². The number of aromatic nitrogens is 3. The van der Waals surface area contributed by atoms with Crippen molar-refractivity contribution in [2.75, 3.05) is 0 Å². The third kappa shape index (κ3) is 3.32. The second-order valence-electron chi connectivity index (χ2n) is 7.92. The average molecular weight is 365 g/mol. The molecule has 140 valence electrons. The van der Waals surface area contributed by atoms with E-state index >= 15 is 0 Å². The van der Waals surface area contributed by atoms with Crippen LogP contribution in [-0.4, -0.2) is 20.6 Å². The van der Waals surface area contributed by atoms with Crippen molar-refractivity contribution in [3.63, 3.8) is 0 Å². The van der Waals surface area contributed by atoms with Crippen molar-refractivity contribution in [1.82, 2.24) is 19.9 Å². The number of nitrogens with two attached hydrogens (primary N) is 1. The molecule has 1 aliphatic rings. The van der Waals surface area contributed by atoms with Crippen LogP contribution in [-0.2, 0) is 5.54 Å². The van der Waals surface area contributed by atoms with E-state index in [9.17, 15) is 4.39 Å². The van der Waals surface area contributed by atoms with Gasteiger partial charge in [-0.1, -0.05) is 6.58 Å². The monoisotopic (exact) mass is 365 g/mol. The maximum atomic E-state index is 14.6. The average Bonchev–Trinajstić information content (AvgIpc) is 3.30. The molecule has 0 amide bonds. The number of hydrogen-bond donors (Lipinski definition) is 2. The van der Waals surface area contributed by atoms with Crippen molar-refractivity contribution in [1.29, 1.82) is 0 Å². The normalized spacial score (nSPS) is 14.6. The largest absolute Gasteiger partial charge is 0.382 e. The molecule has 3 N–H and O–H groups in total. The lowest BCUT2D eigenvalue weighted by molar-refractivity contribution is 0.508. The van der Waals surface area contributed by atoms with E-state index in [0.29, 0.717) is 23.1 Å². The van der Waals surface area contributed by atoms with Crippen molar-refractivity contribution < 1.29 is 4.39 Å². The highest BCUT2D eigenvalue weighted by Crippen LogP contribution is 2.31. The van der Waals surface area contributed by atoms with Gasteiger partial charge in [0.25, 0.3) is 0 Å². The Morgan fingerprint density at radius 2 is 2.04 bits per heavy atom. The molecule has 5 nitrogen and oxygen atoms in total. The quantitative estimate of drug-likeness (QED) is 0.722. The number of nitrogens with one attached hydrogen (secondary N) is 1. The number of fused-ring (bicyclic) bond motifs is 1. The summed E-state index contributed by atoms with van der Waals surface area (Å²) in [5.74, 6) is 0.439. The lowest BCUT2D eigenvalue weighted by Crippen LogP contribution is -2.31. The molecule has 1 saturated carbocycles. The molecular formula is C21H24FN5. The summed E-state index contributed by atoms with van der Waals surface area (Å²) in [6.07, 6.45) is 4.17. The van der Waals surface area contributed by atoms with Gasteiger partial charge in [0, 0.05) is 23.5 Å². The summed E-state index contributed by atoms with van der Waals surface area (Å²) in [6.45, 7) is 9.63. The Morgan fingerprint density at radius 3 is 2.70 bits per heavy atom. The summed E-state index contributed by atoms with van der Waals surface area (Å²) in [4.78, 5) is 0. The first-order chi connectivity index (χ1) is 12.7. The van der Waals surface area contributed by atoms with E-state index in [4.69, 9.17) is 5.73 Å². The van der Waals surface area contributed by atoms with E-state index in [-0.39, 0.29) is 5.82 Å². The first-order valence-electron chi connectivity index (χ1n) is 9.14. The highest BCUT2D eigenvalue weighted by molar-refractivity contribution is 5.75. The highest BCUT2D eigenvalue weighted by atomic mass is 19.1. The number of rotatable bonds is 5. The Labute approximate surface area is 158 Å². The summed E-state index contributed by atoms with van der Waals surface area (Å²) >= 11 is 0. The predicted molar refractivity (Wildman–Crippen MR) is 106 cm³/mol. The van der Waals surface area contributed by atoms with Gasteiger partial charge in [-0.05, 0) is 74.6 Å². The van der Waals surface area contributed by atoms with Crippen LogP contribution in [0.3, 0.4) is 0 Å². The zero-order valence-corrected chi connectivity index (χ0v) is 15.9. The number of nitrogens with zero attached hydrogens (tertiary/aromatic N) is 3. The van der Waals surface area contributed by atoms with Crippen LogP contribution in [0, 0.1) is 12.7 Å². The fourth-order valence-corrected chi connectivity index (χ4v) is 3.21. The number of hydrogen-bond acceptors (Lipinski definition) is 4. The summed E-state index contributed by atoms with van der Waals surface area (Å²) < 4.78 is 16.5. The molecule has 0 aliphatic heterocycles. The van der Waals surface area contributed by atoms with Crippen molar-refractivity contribution in [2.45, 2.75) is 45.2 Å². The van der Waals surface area contributed by atoms with Crippen LogP contribution in [0.5, 0.6) is 0 Å². The molecule has 2 aromatic heterocycles. The van der Waals surface area contributed by atoms with Crippen LogP contribution < -0.4 is 11.1 Å². The van der Waals surface area contributed by atoms with Crippen LogP contribution in [0.1, 0.15) is 43.6 Å². The molecule has 1 fully saturated rings. The van der Waals surface area contributed by atoms with Crippen LogP contribution in [0.4, 0.5) is 4.39 Å². The molecule has 27 heavy (non-hydrogen) atoms. The minimum Gasteiger partial charge on any atom is -0.382 e. The van der Waals surface area contributed by atoms with Crippen molar-refractivity contribution in [3.8, 4) is 11.1 Å². The summed E-state index contributed by atoms with van der Waals surface area (Å²) in [7, 11) is 0. The second-order valence-corrected chi connectivity index (χ2v) is 7.92. The minimum absolute atomic E-state index is 0.244. The first kappa shape index (κ1) is 17.7. The van der Waals surface area contributed by atoms with E-state index in [1.54, 1.807) is 13.0 Å². The molecule has 0 atom stereocenters. The summed E-state index contributed by atoms with van der Waals surface area (Å²) in [5, 5.41) is 11.8. The van der Waals surface area contributed by atoms with Gasteiger partial charge in [-0.15, -0.1) is 10.2 Å². The molecule has 1 aromatic carbocycles. The Bertz CT molecular complexity index is 1040. The van der Waals surface area contributed by atoms with Gasteiger partial charge in [-0.2, -0.15) is 0 Å². The molecule has 2 heterocycles. The lowest BCUT2D eigenvalue weighted by atomic mass is 9.97. The molecule has 4 rings (SSSR count). The molecule has 6 heteroatoms. The summed E-state index contributed by atoms with van der Waals surface area (Å²) in [5.41, 5.74) is 10.1. The van der Waals surface area contributed by atoms with Gasteiger partial charge in [-0.3, -0.25) is 4.40 Å². The molecule has 3 aromatic rings. The number of halogens is 1. The Balaban J connectivity index is 1.78. The Morgan fingerprint density at radius 1 is 1.30 bits per heavy atom. The SMILES string of the molecule is C=C(NC1CC1)c1cc(F)c(C)c(-c2ccn3c(C(C)(C)N)nnc3c2)c1. The van der Waals surface area contributed by atoms with Crippen molar-refractivity contribution in [2.24, 2.45) is 5.73 Å². The van der Waals surface area contributed by atoms with E-state index in [0.717, 1.165) is 35.2 Å². The number of benzene rings is 1. The molecule has 1 aliphatic carbocycles. The maximum absolute atomic E-state index is 14.6. The zero-order chi connectivity index (χ0) is 19.3. The van der Waals surface area contributed by atoms with Gasteiger partial charge in [0.1, 0.15) is 5.82 Å². The highest BCUT2D eigenvalue weighted by Gasteiger charge is 2.23. The molecular weight excluding hydrogens is 341 g/mol. The Hall–Kier alpha value is -2.73. The van der Waals surface area contributed by atoms with Gasteiger partial charge in [-0.25, -0.2) is 4.39 Å². The van der Waals surface area contributed by atoms with Gasteiger partial charge in [0.2, 0.25) is 0 Å². The van der Waals surface area contributed by atoms with Crippen molar-refractivity contribution >= 4 is 11.3 Å². The molecule has 0 saturated heterocycles. The van der Waals surface area contributed by atoms with Gasteiger partial charge >= 0.3 is 0 Å². The van der Waals surface area contributed by atoms with E-state index in [1.165, 1.54) is 0 Å². The summed E-state index contributed by atoms with van der Waals surface area (Å²) in [6, 6.07) is 7.84. The van der Waals surface area contributed by atoms with Crippen LogP contribution >= 0.6 is 0 Å². The van der Waals surface area contributed by atoms with E-state index in [2.05, 4.69) is 22.1 Å². The second kappa shape index (κ2) is 6.16. The molecule has 0 bridgehead atoms. The fraction of sp³-hybridized carbons (Fsp3) is 0.333. The third-order valence-corrected chi connectivity index (χ3v) is 4.95. The maximum Gasteiger partial charge on any atom is 0.161 e. The van der Waals surface area contributed by atoms with Gasteiger partial charge < -0.3 is 11.1 Å². The smallest absolute Gasteiger partial charge is 0.161 e. The Kier molecular flexibility index (Phi) is 4.03. The molecule has 0 spiro atoms. The number of pyridine rings is 1. The van der Waals surface area contributed by atoms with E-state index in [1.807, 2.05) is 42.6 Å². The molecule has 0 radical (unpaired) electrons. The zero-order valence-electron chi connectivity index (χ0n) is 15.9. The topological polar surface area (TPSA) is 68.2 Å². The fourth-order valence-electron chi connectivity index (χ4n) is 3.21. The predicted octanol–water partition coefficient (Wildman–Crippen LogP) is 3.76. The molecule has 0 unspecified atom stereocenters. The van der Waals surface area contributed by atoms with Crippen LogP contribution in [0.2, 0.25) is 0 Å². The van der Waals surface area contributed by atoms with Gasteiger partial charge in [0.05, 0.1) is 5.54 Å². The van der Waals surface area contributed by atoms with Crippen molar-refractivity contribution in [3.05, 3.63) is 59.8 Å². The standard InChI is InChI=1S/C21H24FN5/c1-12-17(9-15(10-18(12)22)13(2)24-16-5-6-16)14-7-8-27-19(11-14)25-26-20(27)21(3,4)23/h7-11,16,24H,2,5-6,23H2,1,3-4H3. The third-order valence-electron chi connectivity index (χ3n) is 4.95.